The maximum Gasteiger partial charge on any atom is 0.335 e. The molecular formula is C22H24N4O2. The average Bonchev–Trinajstić information content (AvgIpc) is 2.66. The number of nitrogens with zero attached hydrogens (tertiary/aromatic N) is 3. The molecule has 0 aliphatic rings. The van der Waals surface area contributed by atoms with Crippen LogP contribution in [0.25, 0.3) is 0 Å². The molecule has 3 aromatic rings. The third kappa shape index (κ3) is 4.85. The van der Waals surface area contributed by atoms with Gasteiger partial charge in [-0.05, 0) is 44.5 Å². The van der Waals surface area contributed by atoms with Crippen LogP contribution in [0.2, 0.25) is 0 Å². The van der Waals surface area contributed by atoms with E-state index in [0.29, 0.717) is 24.0 Å². The number of aromatic nitrogens is 2. The molecule has 0 saturated heterocycles. The van der Waals surface area contributed by atoms with Gasteiger partial charge in [-0.2, -0.15) is 4.98 Å². The number of benzene rings is 2. The Hall–Kier alpha value is -3.41. The van der Waals surface area contributed by atoms with Crippen LogP contribution in [0.15, 0.2) is 60.7 Å². The van der Waals surface area contributed by atoms with Crippen molar-refractivity contribution in [3.8, 4) is 0 Å². The van der Waals surface area contributed by atoms with Gasteiger partial charge in [0.2, 0.25) is 5.95 Å². The summed E-state index contributed by atoms with van der Waals surface area (Å²) in [6, 6.07) is 18.9. The quantitative estimate of drug-likeness (QED) is 0.625. The zero-order chi connectivity index (χ0) is 20.1. The van der Waals surface area contributed by atoms with E-state index in [1.807, 2.05) is 37.3 Å². The van der Waals surface area contributed by atoms with E-state index in [1.54, 1.807) is 18.2 Å². The minimum Gasteiger partial charge on any atom is -0.478 e. The van der Waals surface area contributed by atoms with Gasteiger partial charge in [-0.1, -0.05) is 36.4 Å². The minimum atomic E-state index is -0.961. The van der Waals surface area contributed by atoms with Gasteiger partial charge in [-0.25, -0.2) is 9.78 Å². The molecule has 0 aliphatic heterocycles. The SMILES string of the molecule is Cc1cc(Nc2cccc(C(=O)O)c2)nc(N(Cc2ccccc2)C(C)C)n1. The molecular weight excluding hydrogens is 352 g/mol. The number of aromatic carboxylic acids is 1. The predicted molar refractivity (Wildman–Crippen MR) is 111 cm³/mol. The lowest BCUT2D eigenvalue weighted by atomic mass is 10.2. The number of carboxylic acids is 1. The molecule has 0 atom stereocenters. The first-order chi connectivity index (χ1) is 13.4. The molecule has 1 aromatic heterocycles. The highest BCUT2D eigenvalue weighted by Gasteiger charge is 2.16. The molecule has 0 saturated carbocycles. The van der Waals surface area contributed by atoms with Gasteiger partial charge in [-0.15, -0.1) is 0 Å². The summed E-state index contributed by atoms with van der Waals surface area (Å²) in [6.07, 6.45) is 0. The predicted octanol–water partition coefficient (Wildman–Crippen LogP) is 4.64. The fourth-order valence-electron chi connectivity index (χ4n) is 2.89. The van der Waals surface area contributed by atoms with Gasteiger partial charge in [0.1, 0.15) is 5.82 Å². The van der Waals surface area contributed by atoms with Crippen molar-refractivity contribution >= 4 is 23.4 Å². The maximum atomic E-state index is 11.2. The fraction of sp³-hybridized carbons (Fsp3) is 0.227. The Labute approximate surface area is 164 Å². The van der Waals surface area contributed by atoms with Gasteiger partial charge >= 0.3 is 5.97 Å². The number of hydrogen-bond acceptors (Lipinski definition) is 5. The molecule has 144 valence electrons. The first kappa shape index (κ1) is 19.4. The molecule has 1 heterocycles. The van der Waals surface area contributed by atoms with Gasteiger partial charge in [-0.3, -0.25) is 0 Å². The smallest absolute Gasteiger partial charge is 0.335 e. The fourth-order valence-corrected chi connectivity index (χ4v) is 2.89. The number of hydrogen-bond donors (Lipinski definition) is 2. The molecule has 0 amide bonds. The third-order valence-electron chi connectivity index (χ3n) is 4.30. The number of rotatable bonds is 7. The summed E-state index contributed by atoms with van der Waals surface area (Å²) in [6.45, 7) is 6.84. The number of carbonyl (C=O) groups is 1. The van der Waals surface area contributed by atoms with E-state index in [2.05, 4.69) is 46.2 Å². The third-order valence-corrected chi connectivity index (χ3v) is 4.30. The molecule has 3 rings (SSSR count). The van der Waals surface area contributed by atoms with Crippen LogP contribution in [0.4, 0.5) is 17.5 Å². The van der Waals surface area contributed by atoms with E-state index in [0.717, 1.165) is 5.69 Å². The van der Waals surface area contributed by atoms with Gasteiger partial charge in [0.25, 0.3) is 0 Å². The van der Waals surface area contributed by atoms with Crippen LogP contribution in [-0.2, 0) is 6.54 Å². The van der Waals surface area contributed by atoms with E-state index in [4.69, 9.17) is 0 Å². The Kier molecular flexibility index (Phi) is 5.89. The Bertz CT molecular complexity index is 958. The standard InChI is InChI=1S/C22H24N4O2/c1-15(2)26(14-17-8-5-4-6-9-17)22-23-16(3)12-20(25-22)24-19-11-7-10-18(13-19)21(27)28/h4-13,15H,14H2,1-3H3,(H,27,28)(H,23,24,25). The van der Waals surface area contributed by atoms with Crippen molar-refractivity contribution in [3.05, 3.63) is 77.5 Å². The van der Waals surface area contributed by atoms with Crippen molar-refractivity contribution in [2.75, 3.05) is 10.2 Å². The molecule has 2 aromatic carbocycles. The summed E-state index contributed by atoms with van der Waals surface area (Å²) in [5.41, 5.74) is 2.91. The van der Waals surface area contributed by atoms with Crippen molar-refractivity contribution in [2.24, 2.45) is 0 Å². The van der Waals surface area contributed by atoms with Crippen LogP contribution < -0.4 is 10.2 Å². The highest BCUT2D eigenvalue weighted by molar-refractivity contribution is 5.89. The van der Waals surface area contributed by atoms with Crippen molar-refractivity contribution in [3.63, 3.8) is 0 Å². The Balaban J connectivity index is 1.89. The first-order valence-electron chi connectivity index (χ1n) is 9.19. The van der Waals surface area contributed by atoms with Crippen molar-refractivity contribution < 1.29 is 9.90 Å². The second-order valence-electron chi connectivity index (χ2n) is 6.91. The molecule has 28 heavy (non-hydrogen) atoms. The van der Waals surface area contributed by atoms with E-state index in [1.165, 1.54) is 5.56 Å². The normalized spacial score (nSPS) is 10.7. The Morgan fingerprint density at radius 3 is 2.50 bits per heavy atom. The largest absolute Gasteiger partial charge is 0.478 e. The van der Waals surface area contributed by atoms with Gasteiger partial charge in [0.05, 0.1) is 5.56 Å². The number of nitrogens with one attached hydrogen (secondary N) is 1. The molecule has 0 unspecified atom stereocenters. The lowest BCUT2D eigenvalue weighted by molar-refractivity contribution is 0.0697. The summed E-state index contributed by atoms with van der Waals surface area (Å²) in [5, 5.41) is 12.4. The minimum absolute atomic E-state index is 0.213. The van der Waals surface area contributed by atoms with Crippen molar-refractivity contribution in [1.82, 2.24) is 9.97 Å². The zero-order valence-corrected chi connectivity index (χ0v) is 16.3. The lowest BCUT2D eigenvalue weighted by Gasteiger charge is -2.27. The molecule has 2 N–H and O–H groups in total. The highest BCUT2D eigenvalue weighted by atomic mass is 16.4. The van der Waals surface area contributed by atoms with Crippen molar-refractivity contribution in [1.29, 1.82) is 0 Å². The van der Waals surface area contributed by atoms with Crippen LogP contribution >= 0.6 is 0 Å². The number of carboxylic acid groups (broad SMARTS) is 1. The van der Waals surface area contributed by atoms with E-state index in [-0.39, 0.29) is 11.6 Å². The van der Waals surface area contributed by atoms with E-state index in [9.17, 15) is 9.90 Å². The molecule has 0 radical (unpaired) electrons. The monoisotopic (exact) mass is 376 g/mol. The highest BCUT2D eigenvalue weighted by Crippen LogP contribution is 2.22. The summed E-state index contributed by atoms with van der Waals surface area (Å²) in [5.74, 6) is 0.302. The topological polar surface area (TPSA) is 78.3 Å². The average molecular weight is 376 g/mol. The number of aryl methyl sites for hydroxylation is 1. The van der Waals surface area contributed by atoms with Crippen LogP contribution in [0, 0.1) is 6.92 Å². The van der Waals surface area contributed by atoms with Gasteiger partial charge in [0, 0.05) is 30.0 Å². The Morgan fingerprint density at radius 1 is 1.07 bits per heavy atom. The molecule has 6 heteroatoms. The van der Waals surface area contributed by atoms with Crippen LogP contribution in [-0.4, -0.2) is 27.1 Å². The maximum absolute atomic E-state index is 11.2. The van der Waals surface area contributed by atoms with Crippen molar-refractivity contribution in [2.45, 2.75) is 33.4 Å². The van der Waals surface area contributed by atoms with Gasteiger partial charge < -0.3 is 15.3 Å². The van der Waals surface area contributed by atoms with Crippen LogP contribution in [0.3, 0.4) is 0 Å². The van der Waals surface area contributed by atoms with Crippen LogP contribution in [0.5, 0.6) is 0 Å². The van der Waals surface area contributed by atoms with E-state index >= 15 is 0 Å². The molecule has 0 bridgehead atoms. The summed E-state index contributed by atoms with van der Waals surface area (Å²) in [7, 11) is 0. The van der Waals surface area contributed by atoms with Crippen LogP contribution in [0.1, 0.15) is 35.5 Å². The molecule has 0 spiro atoms. The number of anilines is 3. The van der Waals surface area contributed by atoms with Gasteiger partial charge in [0.15, 0.2) is 0 Å². The summed E-state index contributed by atoms with van der Waals surface area (Å²) < 4.78 is 0. The second kappa shape index (κ2) is 8.52. The summed E-state index contributed by atoms with van der Waals surface area (Å²) in [4.78, 5) is 22.6. The zero-order valence-electron chi connectivity index (χ0n) is 16.3. The second-order valence-corrected chi connectivity index (χ2v) is 6.91. The lowest BCUT2D eigenvalue weighted by Crippen LogP contribution is -2.32. The summed E-state index contributed by atoms with van der Waals surface area (Å²) >= 11 is 0. The van der Waals surface area contributed by atoms with E-state index < -0.39 is 5.97 Å². The molecule has 6 nitrogen and oxygen atoms in total. The molecule has 0 aliphatic carbocycles. The first-order valence-corrected chi connectivity index (χ1v) is 9.19. The Morgan fingerprint density at radius 2 is 1.82 bits per heavy atom. The molecule has 0 fully saturated rings.